The van der Waals surface area contributed by atoms with Crippen LogP contribution in [0.5, 0.6) is 0 Å². The van der Waals surface area contributed by atoms with Gasteiger partial charge < -0.3 is 19.7 Å². The number of carbonyl (C=O) groups is 1. The van der Waals surface area contributed by atoms with E-state index in [0.29, 0.717) is 67.6 Å². The van der Waals surface area contributed by atoms with Gasteiger partial charge in [0.25, 0.3) is 0 Å². The topological polar surface area (TPSA) is 125 Å². The van der Waals surface area contributed by atoms with Gasteiger partial charge in [-0.2, -0.15) is 0 Å². The number of sulfone groups is 1. The van der Waals surface area contributed by atoms with Crippen LogP contribution in [0.15, 0.2) is 30.5 Å². The van der Waals surface area contributed by atoms with Gasteiger partial charge in [0.15, 0.2) is 15.7 Å². The van der Waals surface area contributed by atoms with E-state index in [1.54, 1.807) is 24.4 Å². The molecular formula is C21H22N4O5S. The summed E-state index contributed by atoms with van der Waals surface area (Å²) in [5.41, 5.74) is 1.78. The molecular weight excluding hydrogens is 420 g/mol. The van der Waals surface area contributed by atoms with Crippen molar-refractivity contribution in [1.82, 2.24) is 15.0 Å². The molecule has 1 aliphatic heterocycles. The first-order chi connectivity index (χ1) is 14.8. The summed E-state index contributed by atoms with van der Waals surface area (Å²) in [4.78, 5) is 26.2. The van der Waals surface area contributed by atoms with Crippen molar-refractivity contribution in [2.24, 2.45) is 0 Å². The van der Waals surface area contributed by atoms with E-state index in [1.165, 1.54) is 6.26 Å². The summed E-state index contributed by atoms with van der Waals surface area (Å²) < 4.78 is 29.6. The smallest absolute Gasteiger partial charge is 0.335 e. The number of H-pyrrole nitrogens is 1. The van der Waals surface area contributed by atoms with Crippen molar-refractivity contribution >= 4 is 32.5 Å². The normalized spacial score (nSPS) is 18.3. The van der Waals surface area contributed by atoms with Gasteiger partial charge in [0.2, 0.25) is 0 Å². The molecule has 0 spiro atoms. The molecule has 2 aromatic heterocycles. The van der Waals surface area contributed by atoms with Crippen LogP contribution in [-0.2, 0) is 19.3 Å². The number of aromatic amines is 1. The number of nitrogens with one attached hydrogen (secondary N) is 1. The fourth-order valence-corrected chi connectivity index (χ4v) is 5.48. The molecule has 1 aliphatic carbocycles. The van der Waals surface area contributed by atoms with Gasteiger partial charge in [0, 0.05) is 48.1 Å². The lowest BCUT2D eigenvalue weighted by Gasteiger charge is -2.29. The largest absolute Gasteiger partial charge is 0.478 e. The number of ether oxygens (including phenoxy) is 1. The number of benzene rings is 1. The number of morpholine rings is 1. The van der Waals surface area contributed by atoms with Crippen LogP contribution in [0.3, 0.4) is 0 Å². The van der Waals surface area contributed by atoms with Crippen LogP contribution in [-0.4, -0.2) is 67.0 Å². The molecule has 10 heteroatoms. The number of nitrogens with zero attached hydrogens (tertiary/aromatic N) is 3. The van der Waals surface area contributed by atoms with Gasteiger partial charge in [0.1, 0.15) is 10.6 Å². The molecule has 31 heavy (non-hydrogen) atoms. The number of carboxylic acid groups (broad SMARTS) is 1. The minimum Gasteiger partial charge on any atom is -0.478 e. The number of carboxylic acids is 1. The molecule has 2 N–H and O–H groups in total. The van der Waals surface area contributed by atoms with Crippen molar-refractivity contribution in [3.8, 4) is 11.4 Å². The van der Waals surface area contributed by atoms with Gasteiger partial charge in [-0.1, -0.05) is 0 Å². The van der Waals surface area contributed by atoms with E-state index in [1.807, 2.05) is 11.0 Å². The Bertz CT molecular complexity index is 1290. The number of fused-ring (bicyclic) bond motifs is 1. The Morgan fingerprint density at radius 1 is 1.19 bits per heavy atom. The first kappa shape index (κ1) is 20.0. The number of anilines is 1. The van der Waals surface area contributed by atoms with Crippen molar-refractivity contribution in [2.75, 3.05) is 37.5 Å². The maximum absolute atomic E-state index is 12.6. The Balaban J connectivity index is 1.74. The lowest BCUT2D eigenvalue weighted by atomic mass is 10.0. The van der Waals surface area contributed by atoms with Crippen molar-refractivity contribution in [2.45, 2.75) is 17.6 Å². The van der Waals surface area contributed by atoms with Crippen molar-refractivity contribution in [3.63, 3.8) is 0 Å². The summed E-state index contributed by atoms with van der Waals surface area (Å²) >= 11 is 0. The van der Waals surface area contributed by atoms with Gasteiger partial charge >= 0.3 is 5.97 Å². The Morgan fingerprint density at radius 3 is 2.58 bits per heavy atom. The summed E-state index contributed by atoms with van der Waals surface area (Å²) in [7, 11) is -3.38. The van der Waals surface area contributed by atoms with E-state index < -0.39 is 20.6 Å². The average Bonchev–Trinajstić information content (AvgIpc) is 3.45. The molecule has 0 radical (unpaired) electrons. The third-order valence-electron chi connectivity index (χ3n) is 6.09. The molecule has 3 aromatic rings. The van der Waals surface area contributed by atoms with E-state index in [-0.39, 0.29) is 5.56 Å². The number of rotatable bonds is 5. The molecule has 162 valence electrons. The van der Waals surface area contributed by atoms with E-state index >= 15 is 0 Å². The molecule has 0 atom stereocenters. The molecule has 0 amide bonds. The van der Waals surface area contributed by atoms with Crippen LogP contribution < -0.4 is 4.90 Å². The lowest BCUT2D eigenvalue weighted by molar-refractivity contribution is 0.0697. The molecule has 2 aliphatic rings. The predicted molar refractivity (Wildman–Crippen MR) is 115 cm³/mol. The molecule has 2 fully saturated rings. The van der Waals surface area contributed by atoms with Gasteiger partial charge in [0.05, 0.1) is 24.5 Å². The lowest BCUT2D eigenvalue weighted by Crippen LogP contribution is -2.37. The third-order valence-corrected chi connectivity index (χ3v) is 8.12. The van der Waals surface area contributed by atoms with Crippen molar-refractivity contribution in [3.05, 3.63) is 41.7 Å². The molecule has 1 saturated carbocycles. The second-order valence-corrected chi connectivity index (χ2v) is 10.4. The molecule has 0 unspecified atom stereocenters. The Kier molecular flexibility index (Phi) is 4.52. The fraction of sp³-hybridized carbons (Fsp3) is 0.381. The van der Waals surface area contributed by atoms with Gasteiger partial charge in [-0.25, -0.2) is 23.2 Å². The molecule has 3 heterocycles. The summed E-state index contributed by atoms with van der Waals surface area (Å²) in [5.74, 6) is -0.110. The zero-order valence-corrected chi connectivity index (χ0v) is 17.8. The van der Waals surface area contributed by atoms with Gasteiger partial charge in [-0.05, 0) is 31.0 Å². The van der Waals surface area contributed by atoms with E-state index in [2.05, 4.69) is 9.97 Å². The molecule has 9 nitrogen and oxygen atoms in total. The summed E-state index contributed by atoms with van der Waals surface area (Å²) in [6, 6.07) is 6.70. The highest BCUT2D eigenvalue weighted by Gasteiger charge is 2.55. The van der Waals surface area contributed by atoms with Crippen molar-refractivity contribution in [1.29, 1.82) is 0 Å². The third kappa shape index (κ3) is 3.35. The Hall–Kier alpha value is -2.98. The highest BCUT2D eigenvalue weighted by molar-refractivity contribution is 7.91. The standard InChI is InChI=1S/C21H22N4O5S/c1-31(28,29)21(3-4-21)17-12-18(25-6-8-30-9-7-25)24-19(23-17)15-10-13(20(26)27)11-16-14(15)2-5-22-16/h2,5,10-12,22H,3-4,6-9H2,1H3,(H,26,27). The van der Waals surface area contributed by atoms with Crippen molar-refractivity contribution < 1.29 is 23.1 Å². The zero-order valence-electron chi connectivity index (χ0n) is 17.0. The number of hydrogen-bond acceptors (Lipinski definition) is 7. The van der Waals surface area contributed by atoms with Crippen LogP contribution in [0.2, 0.25) is 0 Å². The summed E-state index contributed by atoms with van der Waals surface area (Å²) in [6.07, 6.45) is 4.00. The second-order valence-electron chi connectivity index (χ2n) is 8.07. The Labute approximate surface area is 179 Å². The quantitative estimate of drug-likeness (QED) is 0.616. The van der Waals surface area contributed by atoms with Crippen LogP contribution >= 0.6 is 0 Å². The average molecular weight is 442 g/mol. The monoisotopic (exact) mass is 442 g/mol. The van der Waals surface area contributed by atoms with E-state index in [0.717, 1.165) is 5.39 Å². The Morgan fingerprint density at radius 2 is 1.94 bits per heavy atom. The summed E-state index contributed by atoms with van der Waals surface area (Å²) in [5, 5.41) is 10.3. The molecule has 1 aromatic carbocycles. The zero-order chi connectivity index (χ0) is 21.8. The fourth-order valence-electron chi connectivity index (χ4n) is 4.15. The number of aromatic nitrogens is 3. The number of hydrogen-bond donors (Lipinski definition) is 2. The van der Waals surface area contributed by atoms with Gasteiger partial charge in [-0.15, -0.1) is 0 Å². The van der Waals surface area contributed by atoms with Crippen LogP contribution in [0, 0.1) is 0 Å². The SMILES string of the molecule is CS(=O)(=O)C1(c2cc(N3CCOCC3)nc(-c3cc(C(=O)O)cc4[nH]ccc34)n2)CC1. The number of aromatic carboxylic acids is 1. The maximum atomic E-state index is 12.6. The first-order valence-electron chi connectivity index (χ1n) is 10.1. The highest BCUT2D eigenvalue weighted by Crippen LogP contribution is 2.52. The summed E-state index contributed by atoms with van der Waals surface area (Å²) in [6.45, 7) is 2.39. The van der Waals surface area contributed by atoms with Crippen LogP contribution in [0.1, 0.15) is 28.9 Å². The predicted octanol–water partition coefficient (Wildman–Crippen LogP) is 2.19. The van der Waals surface area contributed by atoms with E-state index in [9.17, 15) is 18.3 Å². The minimum absolute atomic E-state index is 0.108. The first-order valence-corrected chi connectivity index (χ1v) is 11.9. The second kappa shape index (κ2) is 7.03. The molecule has 5 rings (SSSR count). The minimum atomic E-state index is -3.38. The van der Waals surface area contributed by atoms with Crippen LogP contribution in [0.4, 0.5) is 5.82 Å². The molecule has 1 saturated heterocycles. The van der Waals surface area contributed by atoms with Crippen LogP contribution in [0.25, 0.3) is 22.3 Å². The molecule has 0 bridgehead atoms. The maximum Gasteiger partial charge on any atom is 0.335 e. The van der Waals surface area contributed by atoms with Gasteiger partial charge in [-0.3, -0.25) is 0 Å². The van der Waals surface area contributed by atoms with E-state index in [4.69, 9.17) is 9.72 Å². The highest BCUT2D eigenvalue weighted by atomic mass is 32.2.